The van der Waals surface area contributed by atoms with Crippen molar-refractivity contribution in [3.63, 3.8) is 0 Å². The fraction of sp³-hybridized carbons (Fsp3) is 0.636. The Morgan fingerprint density at radius 2 is 2.38 bits per heavy atom. The SMILES string of the molecule is CCC(C)C(N)C(=O)N(C)Cc1nccs1. The van der Waals surface area contributed by atoms with Gasteiger partial charge in [-0.3, -0.25) is 4.79 Å². The van der Waals surface area contributed by atoms with E-state index in [-0.39, 0.29) is 11.8 Å². The van der Waals surface area contributed by atoms with Crippen molar-refractivity contribution in [1.82, 2.24) is 9.88 Å². The summed E-state index contributed by atoms with van der Waals surface area (Å²) in [6.07, 6.45) is 2.66. The molecule has 0 aliphatic heterocycles. The van der Waals surface area contributed by atoms with E-state index in [1.807, 2.05) is 19.2 Å². The molecule has 16 heavy (non-hydrogen) atoms. The summed E-state index contributed by atoms with van der Waals surface area (Å²) in [6.45, 7) is 4.58. The van der Waals surface area contributed by atoms with E-state index < -0.39 is 6.04 Å². The Morgan fingerprint density at radius 1 is 1.69 bits per heavy atom. The summed E-state index contributed by atoms with van der Waals surface area (Å²) in [5.41, 5.74) is 5.89. The topological polar surface area (TPSA) is 59.2 Å². The van der Waals surface area contributed by atoms with Crippen LogP contribution < -0.4 is 5.73 Å². The molecule has 0 bridgehead atoms. The van der Waals surface area contributed by atoms with Crippen molar-refractivity contribution < 1.29 is 4.79 Å². The third kappa shape index (κ3) is 3.28. The van der Waals surface area contributed by atoms with Gasteiger partial charge in [0.05, 0.1) is 12.6 Å². The summed E-state index contributed by atoms with van der Waals surface area (Å²) >= 11 is 1.55. The lowest BCUT2D eigenvalue weighted by molar-refractivity contribution is -0.132. The fourth-order valence-electron chi connectivity index (χ4n) is 1.36. The molecule has 0 saturated heterocycles. The zero-order valence-electron chi connectivity index (χ0n) is 10.0. The van der Waals surface area contributed by atoms with Crippen LogP contribution in [0, 0.1) is 5.92 Å². The molecule has 1 heterocycles. The third-order valence-corrected chi connectivity index (χ3v) is 3.54. The number of amides is 1. The Labute approximate surface area is 100 Å². The largest absolute Gasteiger partial charge is 0.338 e. The number of nitrogens with zero attached hydrogens (tertiary/aromatic N) is 2. The fourth-order valence-corrected chi connectivity index (χ4v) is 2.03. The lowest BCUT2D eigenvalue weighted by Gasteiger charge is -2.23. The van der Waals surface area contributed by atoms with Gasteiger partial charge in [0.2, 0.25) is 5.91 Å². The Bertz CT molecular complexity index is 326. The maximum absolute atomic E-state index is 11.9. The zero-order valence-corrected chi connectivity index (χ0v) is 10.8. The number of carbonyl (C=O) groups is 1. The molecule has 5 heteroatoms. The average Bonchev–Trinajstić information content (AvgIpc) is 2.78. The second-order valence-corrected chi connectivity index (χ2v) is 5.01. The van der Waals surface area contributed by atoms with Gasteiger partial charge >= 0.3 is 0 Å². The Morgan fingerprint density at radius 3 is 2.88 bits per heavy atom. The molecule has 2 atom stereocenters. The molecular formula is C11H19N3OS. The number of hydrogen-bond donors (Lipinski definition) is 1. The molecule has 4 nitrogen and oxygen atoms in total. The first-order chi connectivity index (χ1) is 7.56. The molecule has 1 amide bonds. The Hall–Kier alpha value is -0.940. The van der Waals surface area contributed by atoms with E-state index in [2.05, 4.69) is 4.98 Å². The van der Waals surface area contributed by atoms with Gasteiger partial charge in [-0.2, -0.15) is 0 Å². The van der Waals surface area contributed by atoms with Gasteiger partial charge in [0.25, 0.3) is 0 Å². The minimum absolute atomic E-state index is 0.00968. The van der Waals surface area contributed by atoms with Gasteiger partial charge < -0.3 is 10.6 Å². The molecule has 0 aromatic carbocycles. The number of aromatic nitrogens is 1. The standard InChI is InChI=1S/C11H19N3OS/c1-4-8(2)10(12)11(15)14(3)7-9-13-5-6-16-9/h5-6,8,10H,4,7,12H2,1-3H3. The monoisotopic (exact) mass is 241 g/mol. The zero-order chi connectivity index (χ0) is 12.1. The normalized spacial score (nSPS) is 14.5. The number of likely N-dealkylation sites (N-methyl/N-ethyl adjacent to an activating group) is 1. The molecular weight excluding hydrogens is 222 g/mol. The minimum atomic E-state index is -0.407. The van der Waals surface area contributed by atoms with Crippen molar-refractivity contribution in [3.8, 4) is 0 Å². The van der Waals surface area contributed by atoms with Crippen LogP contribution in [0.1, 0.15) is 25.3 Å². The molecule has 0 aliphatic carbocycles. The summed E-state index contributed by atoms with van der Waals surface area (Å²) in [4.78, 5) is 17.7. The summed E-state index contributed by atoms with van der Waals surface area (Å²) < 4.78 is 0. The second-order valence-electron chi connectivity index (χ2n) is 4.03. The summed E-state index contributed by atoms with van der Waals surface area (Å²) in [6, 6.07) is -0.407. The quantitative estimate of drug-likeness (QED) is 0.849. The van der Waals surface area contributed by atoms with Crippen LogP contribution in [-0.2, 0) is 11.3 Å². The predicted octanol–water partition coefficient (Wildman–Crippen LogP) is 1.47. The van der Waals surface area contributed by atoms with Crippen molar-refractivity contribution in [3.05, 3.63) is 16.6 Å². The van der Waals surface area contributed by atoms with Crippen LogP contribution in [0.25, 0.3) is 0 Å². The van der Waals surface area contributed by atoms with Crippen molar-refractivity contribution in [2.75, 3.05) is 7.05 Å². The second kappa shape index (κ2) is 5.96. The molecule has 0 spiro atoms. The third-order valence-electron chi connectivity index (χ3n) is 2.77. The van der Waals surface area contributed by atoms with E-state index in [0.29, 0.717) is 6.54 Å². The van der Waals surface area contributed by atoms with Crippen molar-refractivity contribution in [2.45, 2.75) is 32.9 Å². The van der Waals surface area contributed by atoms with Gasteiger partial charge in [-0.05, 0) is 5.92 Å². The van der Waals surface area contributed by atoms with Crippen LogP contribution in [0.15, 0.2) is 11.6 Å². The van der Waals surface area contributed by atoms with Crippen LogP contribution in [0.4, 0.5) is 0 Å². The van der Waals surface area contributed by atoms with Crippen molar-refractivity contribution >= 4 is 17.2 Å². The summed E-state index contributed by atoms with van der Waals surface area (Å²) in [5, 5.41) is 2.84. The maximum Gasteiger partial charge on any atom is 0.239 e. The number of carbonyl (C=O) groups excluding carboxylic acids is 1. The summed E-state index contributed by atoms with van der Waals surface area (Å²) in [5.74, 6) is 0.204. The Balaban J connectivity index is 2.53. The van der Waals surface area contributed by atoms with E-state index in [4.69, 9.17) is 5.73 Å². The smallest absolute Gasteiger partial charge is 0.239 e. The highest BCUT2D eigenvalue weighted by molar-refractivity contribution is 7.09. The van der Waals surface area contributed by atoms with Gasteiger partial charge in [0.15, 0.2) is 0 Å². The van der Waals surface area contributed by atoms with Gasteiger partial charge in [-0.25, -0.2) is 4.98 Å². The molecule has 90 valence electrons. The number of rotatable bonds is 5. The molecule has 0 radical (unpaired) electrons. The van der Waals surface area contributed by atoms with Gasteiger partial charge in [-0.1, -0.05) is 20.3 Å². The highest BCUT2D eigenvalue weighted by Crippen LogP contribution is 2.11. The summed E-state index contributed by atoms with van der Waals surface area (Å²) in [7, 11) is 1.77. The lowest BCUT2D eigenvalue weighted by atomic mass is 9.99. The van der Waals surface area contributed by atoms with Crippen molar-refractivity contribution in [1.29, 1.82) is 0 Å². The first-order valence-corrected chi connectivity index (χ1v) is 6.33. The van der Waals surface area contributed by atoms with Gasteiger partial charge in [0, 0.05) is 18.6 Å². The lowest BCUT2D eigenvalue weighted by Crippen LogP contribution is -2.45. The van der Waals surface area contributed by atoms with Gasteiger partial charge in [0.1, 0.15) is 5.01 Å². The first kappa shape index (κ1) is 13.1. The predicted molar refractivity (Wildman–Crippen MR) is 66.0 cm³/mol. The number of thiazole rings is 1. The molecule has 1 rings (SSSR count). The highest BCUT2D eigenvalue weighted by atomic mass is 32.1. The van der Waals surface area contributed by atoms with Crippen molar-refractivity contribution in [2.24, 2.45) is 11.7 Å². The number of nitrogens with two attached hydrogens (primary N) is 1. The van der Waals surface area contributed by atoms with E-state index in [1.54, 1.807) is 29.5 Å². The van der Waals surface area contributed by atoms with E-state index in [9.17, 15) is 4.79 Å². The maximum atomic E-state index is 11.9. The molecule has 0 saturated carbocycles. The van der Waals surface area contributed by atoms with Crippen LogP contribution >= 0.6 is 11.3 Å². The van der Waals surface area contributed by atoms with E-state index >= 15 is 0 Å². The van der Waals surface area contributed by atoms with Crippen LogP contribution in [0.5, 0.6) is 0 Å². The first-order valence-electron chi connectivity index (χ1n) is 5.45. The van der Waals surface area contributed by atoms with E-state index in [1.165, 1.54) is 0 Å². The highest BCUT2D eigenvalue weighted by Gasteiger charge is 2.23. The molecule has 2 unspecified atom stereocenters. The van der Waals surface area contributed by atoms with Crippen LogP contribution in [0.3, 0.4) is 0 Å². The van der Waals surface area contributed by atoms with Crippen LogP contribution in [-0.4, -0.2) is 28.9 Å². The molecule has 2 N–H and O–H groups in total. The molecule has 0 aliphatic rings. The molecule has 1 aromatic rings. The average molecular weight is 241 g/mol. The Kier molecular flexibility index (Phi) is 4.89. The van der Waals surface area contributed by atoms with E-state index in [0.717, 1.165) is 11.4 Å². The van der Waals surface area contributed by atoms with Gasteiger partial charge in [-0.15, -0.1) is 11.3 Å². The molecule has 1 aromatic heterocycles. The number of hydrogen-bond acceptors (Lipinski definition) is 4. The molecule has 0 fully saturated rings. The van der Waals surface area contributed by atoms with Crippen LogP contribution in [0.2, 0.25) is 0 Å². The minimum Gasteiger partial charge on any atom is -0.338 e.